The Morgan fingerprint density at radius 1 is 1.50 bits per heavy atom. The number of aryl methyl sites for hydroxylation is 1. The second-order valence-corrected chi connectivity index (χ2v) is 5.68. The van der Waals surface area contributed by atoms with Crippen molar-refractivity contribution in [3.63, 3.8) is 0 Å². The van der Waals surface area contributed by atoms with E-state index in [0.29, 0.717) is 12.3 Å². The second-order valence-electron chi connectivity index (χ2n) is 5.30. The minimum Gasteiger partial charge on any atom is -0.461 e. The highest BCUT2D eigenvalue weighted by molar-refractivity contribution is 6.49. The monoisotopic (exact) mass is 296 g/mol. The van der Waals surface area contributed by atoms with Crippen LogP contribution in [0.2, 0.25) is 0 Å². The predicted molar refractivity (Wildman–Crippen MR) is 80.8 cm³/mol. The fourth-order valence-corrected chi connectivity index (χ4v) is 3.12. The quantitative estimate of drug-likeness (QED) is 0.839. The summed E-state index contributed by atoms with van der Waals surface area (Å²) in [5.74, 6) is -0.322. The molecule has 1 aromatic heterocycles. The molecule has 0 saturated carbocycles. The van der Waals surface area contributed by atoms with Crippen molar-refractivity contribution < 1.29 is 9.53 Å². The zero-order valence-electron chi connectivity index (χ0n) is 12.2. The number of rotatable bonds is 4. The third-order valence-corrected chi connectivity index (χ3v) is 4.04. The molecule has 1 aliphatic carbocycles. The van der Waals surface area contributed by atoms with Crippen LogP contribution in [-0.4, -0.2) is 23.6 Å². The molecule has 0 radical (unpaired) electrons. The molecule has 1 aromatic rings. The second kappa shape index (κ2) is 6.02. The van der Waals surface area contributed by atoms with Crippen LogP contribution in [-0.2, 0) is 11.2 Å². The van der Waals surface area contributed by atoms with Crippen molar-refractivity contribution in [2.45, 2.75) is 46.1 Å². The first-order chi connectivity index (χ1) is 9.45. The first kappa shape index (κ1) is 15.1. The van der Waals surface area contributed by atoms with Crippen molar-refractivity contribution in [1.29, 1.82) is 0 Å². The summed E-state index contributed by atoms with van der Waals surface area (Å²) in [6.45, 7) is 6.03. The van der Waals surface area contributed by atoms with Crippen LogP contribution in [0.1, 0.15) is 54.0 Å². The zero-order chi connectivity index (χ0) is 14.9. The average Bonchev–Trinajstić information content (AvgIpc) is 2.71. The van der Waals surface area contributed by atoms with E-state index in [0.717, 1.165) is 41.1 Å². The summed E-state index contributed by atoms with van der Waals surface area (Å²) in [6.07, 6.45) is 2.53. The van der Waals surface area contributed by atoms with E-state index in [2.05, 4.69) is 4.98 Å². The number of carbonyl (C=O) groups is 1. The fraction of sp³-hybridized carbons (Fsp3) is 0.533. The topological polar surface area (TPSA) is 68.1 Å². The number of hydrogen-bond acceptors (Lipinski definition) is 3. The molecule has 0 spiro atoms. The van der Waals surface area contributed by atoms with Gasteiger partial charge >= 0.3 is 5.97 Å². The summed E-state index contributed by atoms with van der Waals surface area (Å²) >= 11 is 6.51. The number of ether oxygens (including phenoxy) is 1. The van der Waals surface area contributed by atoms with E-state index in [1.807, 2.05) is 13.8 Å². The number of nitrogens with two attached hydrogens (primary N) is 1. The van der Waals surface area contributed by atoms with Gasteiger partial charge in [0.25, 0.3) is 0 Å². The first-order valence-corrected chi connectivity index (χ1v) is 7.35. The SMILES string of the molecule is CCOC(=O)c1[nH]c2c(c1C)C(Cl)=C(CC(C)N)CC2. The van der Waals surface area contributed by atoms with Crippen molar-refractivity contribution in [3.05, 3.63) is 28.1 Å². The van der Waals surface area contributed by atoms with Gasteiger partial charge in [0.15, 0.2) is 0 Å². The molecule has 0 amide bonds. The molecular weight excluding hydrogens is 276 g/mol. The van der Waals surface area contributed by atoms with Crippen LogP contribution in [0.5, 0.6) is 0 Å². The third kappa shape index (κ3) is 2.76. The maximum atomic E-state index is 11.9. The molecule has 20 heavy (non-hydrogen) atoms. The molecule has 3 N–H and O–H groups in total. The normalized spacial score (nSPS) is 16.1. The highest BCUT2D eigenvalue weighted by Gasteiger charge is 2.26. The van der Waals surface area contributed by atoms with Crippen LogP contribution in [0, 0.1) is 6.92 Å². The summed E-state index contributed by atoms with van der Waals surface area (Å²) < 4.78 is 5.06. The summed E-state index contributed by atoms with van der Waals surface area (Å²) in [6, 6.07) is 0.0871. The Hall–Kier alpha value is -1.26. The zero-order valence-corrected chi connectivity index (χ0v) is 12.9. The minimum atomic E-state index is -0.322. The van der Waals surface area contributed by atoms with Crippen molar-refractivity contribution in [1.82, 2.24) is 4.98 Å². The molecule has 4 nitrogen and oxygen atoms in total. The molecule has 0 saturated heterocycles. The molecule has 1 atom stereocenters. The number of hydrogen-bond donors (Lipinski definition) is 2. The maximum absolute atomic E-state index is 11.9. The van der Waals surface area contributed by atoms with Gasteiger partial charge in [-0.2, -0.15) is 0 Å². The van der Waals surface area contributed by atoms with E-state index in [9.17, 15) is 4.79 Å². The van der Waals surface area contributed by atoms with Gasteiger partial charge < -0.3 is 15.5 Å². The smallest absolute Gasteiger partial charge is 0.355 e. The molecular formula is C15H21ClN2O2. The molecule has 110 valence electrons. The Bertz CT molecular complexity index is 558. The lowest BCUT2D eigenvalue weighted by Crippen LogP contribution is -2.17. The van der Waals surface area contributed by atoms with Crippen LogP contribution in [0.25, 0.3) is 5.03 Å². The lowest BCUT2D eigenvalue weighted by molar-refractivity contribution is 0.0519. The average molecular weight is 297 g/mol. The molecule has 0 bridgehead atoms. The number of H-pyrrole nitrogens is 1. The predicted octanol–water partition coefficient (Wildman–Crippen LogP) is 3.13. The summed E-state index contributed by atoms with van der Waals surface area (Å²) in [5.41, 5.74) is 10.4. The van der Waals surface area contributed by atoms with E-state index in [1.165, 1.54) is 5.57 Å². The standard InChI is InChI=1S/C15H21ClN2O2/c1-4-20-15(19)14-9(3)12-11(18-14)6-5-10(13(12)16)7-8(2)17/h8,18H,4-7,17H2,1-3H3. The lowest BCUT2D eigenvalue weighted by atomic mass is 9.91. The van der Waals surface area contributed by atoms with Crippen LogP contribution >= 0.6 is 11.6 Å². The van der Waals surface area contributed by atoms with Crippen LogP contribution in [0.4, 0.5) is 0 Å². The van der Waals surface area contributed by atoms with Gasteiger partial charge in [-0.25, -0.2) is 4.79 Å². The van der Waals surface area contributed by atoms with Crippen molar-refractivity contribution in [2.24, 2.45) is 5.73 Å². The Labute approximate surface area is 124 Å². The maximum Gasteiger partial charge on any atom is 0.355 e. The Balaban J connectivity index is 2.41. The fourth-order valence-electron chi connectivity index (χ4n) is 2.69. The van der Waals surface area contributed by atoms with Crippen LogP contribution in [0.15, 0.2) is 5.57 Å². The van der Waals surface area contributed by atoms with E-state index in [1.54, 1.807) is 6.92 Å². The summed E-state index contributed by atoms with van der Waals surface area (Å²) in [5, 5.41) is 0.743. The molecule has 0 aromatic carbocycles. The third-order valence-electron chi connectivity index (χ3n) is 3.58. The van der Waals surface area contributed by atoms with E-state index in [4.69, 9.17) is 22.1 Å². The number of aromatic amines is 1. The van der Waals surface area contributed by atoms with E-state index in [-0.39, 0.29) is 12.0 Å². The largest absolute Gasteiger partial charge is 0.461 e. The van der Waals surface area contributed by atoms with Gasteiger partial charge in [0.1, 0.15) is 5.69 Å². The molecule has 0 fully saturated rings. The molecule has 5 heteroatoms. The number of nitrogens with one attached hydrogen (secondary N) is 1. The van der Waals surface area contributed by atoms with Gasteiger partial charge in [-0.05, 0) is 51.2 Å². The van der Waals surface area contributed by atoms with Crippen LogP contribution in [0.3, 0.4) is 0 Å². The minimum absolute atomic E-state index is 0.0871. The number of carbonyl (C=O) groups excluding carboxylic acids is 1. The summed E-state index contributed by atoms with van der Waals surface area (Å²) in [4.78, 5) is 15.1. The molecule has 1 aliphatic rings. The summed E-state index contributed by atoms with van der Waals surface area (Å²) in [7, 11) is 0. The van der Waals surface area contributed by atoms with Gasteiger partial charge in [-0.1, -0.05) is 11.6 Å². The number of aromatic nitrogens is 1. The highest BCUT2D eigenvalue weighted by Crippen LogP contribution is 2.38. The van der Waals surface area contributed by atoms with Gasteiger partial charge in [-0.3, -0.25) is 0 Å². The van der Waals surface area contributed by atoms with Gasteiger partial charge in [0, 0.05) is 22.3 Å². The molecule has 2 rings (SSSR count). The molecule has 1 heterocycles. The number of fused-ring (bicyclic) bond motifs is 1. The van der Waals surface area contributed by atoms with Crippen molar-refractivity contribution >= 4 is 22.6 Å². The highest BCUT2D eigenvalue weighted by atomic mass is 35.5. The lowest BCUT2D eigenvalue weighted by Gasteiger charge is -2.19. The first-order valence-electron chi connectivity index (χ1n) is 6.97. The molecule has 0 aliphatic heterocycles. The molecule has 1 unspecified atom stereocenters. The van der Waals surface area contributed by atoms with Gasteiger partial charge in [0.05, 0.1) is 6.61 Å². The van der Waals surface area contributed by atoms with Gasteiger partial charge in [0.2, 0.25) is 0 Å². The Kier molecular flexibility index (Phi) is 4.55. The van der Waals surface area contributed by atoms with Crippen LogP contribution < -0.4 is 5.73 Å². The number of halogens is 1. The van der Waals surface area contributed by atoms with Crippen molar-refractivity contribution in [2.75, 3.05) is 6.61 Å². The van der Waals surface area contributed by atoms with Crippen molar-refractivity contribution in [3.8, 4) is 0 Å². The number of esters is 1. The van der Waals surface area contributed by atoms with E-state index >= 15 is 0 Å². The van der Waals surface area contributed by atoms with Gasteiger partial charge in [-0.15, -0.1) is 0 Å². The Morgan fingerprint density at radius 3 is 2.80 bits per heavy atom. The Morgan fingerprint density at radius 2 is 2.20 bits per heavy atom. The van der Waals surface area contributed by atoms with E-state index < -0.39 is 0 Å².